The molecule has 0 saturated carbocycles. The monoisotopic (exact) mass is 345 g/mol. The number of hydrogen-bond donors (Lipinski definition) is 1. The highest BCUT2D eigenvalue weighted by Crippen LogP contribution is 2.14. The Bertz CT molecular complexity index is 623. The van der Waals surface area contributed by atoms with E-state index in [-0.39, 0.29) is 6.09 Å². The van der Waals surface area contributed by atoms with Crippen LogP contribution in [0.1, 0.15) is 36.5 Å². The van der Waals surface area contributed by atoms with Gasteiger partial charge in [0.15, 0.2) is 0 Å². The van der Waals surface area contributed by atoms with E-state index in [4.69, 9.17) is 16.3 Å². The molecule has 1 amide bonds. The predicted octanol–water partition coefficient (Wildman–Crippen LogP) is 5.00. The van der Waals surface area contributed by atoms with Gasteiger partial charge in [0.25, 0.3) is 0 Å². The van der Waals surface area contributed by atoms with E-state index in [1.54, 1.807) is 0 Å². The van der Waals surface area contributed by atoms with Crippen LogP contribution >= 0.6 is 11.6 Å². The van der Waals surface area contributed by atoms with Crippen LogP contribution in [-0.4, -0.2) is 19.2 Å². The Labute approximate surface area is 149 Å². The fourth-order valence-corrected chi connectivity index (χ4v) is 2.47. The van der Waals surface area contributed by atoms with Crippen LogP contribution < -0.4 is 5.32 Å². The minimum Gasteiger partial charge on any atom is -0.449 e. The molecule has 0 aromatic heterocycles. The van der Waals surface area contributed by atoms with Gasteiger partial charge in [-0.15, -0.1) is 0 Å². The van der Waals surface area contributed by atoms with E-state index in [1.807, 2.05) is 24.3 Å². The second-order valence-electron chi connectivity index (χ2n) is 5.79. The summed E-state index contributed by atoms with van der Waals surface area (Å²) in [6.07, 6.45) is 3.31. The molecule has 2 aromatic rings. The van der Waals surface area contributed by atoms with Gasteiger partial charge in [-0.05, 0) is 41.7 Å². The lowest BCUT2D eigenvalue weighted by atomic mass is 10.0. The van der Waals surface area contributed by atoms with Gasteiger partial charge >= 0.3 is 6.09 Å². The van der Waals surface area contributed by atoms with Crippen LogP contribution in [0.15, 0.2) is 48.5 Å². The predicted molar refractivity (Wildman–Crippen MR) is 98.7 cm³/mol. The van der Waals surface area contributed by atoms with Gasteiger partial charge in [-0.25, -0.2) is 4.79 Å². The molecule has 0 heterocycles. The van der Waals surface area contributed by atoms with Crippen LogP contribution in [0.4, 0.5) is 4.79 Å². The first-order valence-corrected chi connectivity index (χ1v) is 8.78. The summed E-state index contributed by atoms with van der Waals surface area (Å²) in [5.74, 6) is 0. The summed E-state index contributed by atoms with van der Waals surface area (Å²) in [6, 6.07) is 16.3. The van der Waals surface area contributed by atoms with Crippen molar-refractivity contribution in [3.8, 4) is 0 Å². The number of ether oxygens (including phenoxy) is 1. The molecule has 3 nitrogen and oxygen atoms in total. The molecule has 2 rings (SSSR count). The van der Waals surface area contributed by atoms with E-state index in [0.29, 0.717) is 13.2 Å². The van der Waals surface area contributed by atoms with Crippen molar-refractivity contribution in [2.75, 3.05) is 13.2 Å². The maximum Gasteiger partial charge on any atom is 0.407 e. The maximum atomic E-state index is 11.4. The van der Waals surface area contributed by atoms with E-state index in [9.17, 15) is 4.79 Å². The lowest BCUT2D eigenvalue weighted by molar-refractivity contribution is 0.147. The first-order valence-electron chi connectivity index (χ1n) is 8.40. The third-order valence-corrected chi connectivity index (χ3v) is 4.02. The Morgan fingerprint density at radius 1 is 1.00 bits per heavy atom. The molecule has 128 valence electrons. The molecule has 4 heteroatoms. The van der Waals surface area contributed by atoms with Crippen molar-refractivity contribution in [2.24, 2.45) is 0 Å². The fourth-order valence-electron chi connectivity index (χ4n) is 2.34. The molecule has 0 fully saturated rings. The van der Waals surface area contributed by atoms with E-state index >= 15 is 0 Å². The zero-order valence-corrected chi connectivity index (χ0v) is 14.8. The first-order chi connectivity index (χ1) is 11.7. The van der Waals surface area contributed by atoms with E-state index in [1.165, 1.54) is 11.1 Å². The third-order valence-electron chi connectivity index (χ3n) is 3.77. The number of alkyl carbamates (subject to hydrolysis) is 1. The Hall–Kier alpha value is -2.00. The van der Waals surface area contributed by atoms with Gasteiger partial charge in [0.1, 0.15) is 0 Å². The zero-order chi connectivity index (χ0) is 17.2. The molecule has 0 atom stereocenters. The van der Waals surface area contributed by atoms with E-state index < -0.39 is 0 Å². The molecule has 0 radical (unpaired) electrons. The summed E-state index contributed by atoms with van der Waals surface area (Å²) >= 11 is 5.90. The van der Waals surface area contributed by atoms with Crippen LogP contribution in [0.3, 0.4) is 0 Å². The minimum atomic E-state index is -0.331. The van der Waals surface area contributed by atoms with Crippen molar-refractivity contribution in [2.45, 2.75) is 32.6 Å². The molecule has 0 aliphatic heterocycles. The highest BCUT2D eigenvalue weighted by Gasteiger charge is 2.02. The number of hydrogen-bond acceptors (Lipinski definition) is 2. The molecule has 1 N–H and O–H groups in total. The molecule has 0 aliphatic rings. The SMILES string of the molecule is CCCCNC(=O)OCCc1ccc(Cc2ccc(Cl)cc2)cc1. The lowest BCUT2D eigenvalue weighted by Gasteiger charge is -2.07. The fraction of sp³-hybridized carbons (Fsp3) is 0.350. The largest absolute Gasteiger partial charge is 0.449 e. The zero-order valence-electron chi connectivity index (χ0n) is 14.1. The quantitative estimate of drug-likeness (QED) is 0.684. The molecule has 0 spiro atoms. The summed E-state index contributed by atoms with van der Waals surface area (Å²) in [5.41, 5.74) is 3.65. The molecule has 2 aromatic carbocycles. The highest BCUT2D eigenvalue weighted by molar-refractivity contribution is 6.30. The Morgan fingerprint density at radius 2 is 1.58 bits per heavy atom. The molecule has 24 heavy (non-hydrogen) atoms. The highest BCUT2D eigenvalue weighted by atomic mass is 35.5. The number of carbonyl (C=O) groups excluding carboxylic acids is 1. The van der Waals surface area contributed by atoms with Crippen molar-refractivity contribution >= 4 is 17.7 Å². The smallest absolute Gasteiger partial charge is 0.407 e. The molecular weight excluding hydrogens is 322 g/mol. The molecule has 0 saturated heterocycles. The second kappa shape index (κ2) is 9.99. The average molecular weight is 346 g/mol. The lowest BCUT2D eigenvalue weighted by Crippen LogP contribution is -2.25. The van der Waals surface area contributed by atoms with Crippen molar-refractivity contribution in [3.63, 3.8) is 0 Å². The Morgan fingerprint density at radius 3 is 2.21 bits per heavy atom. The standard InChI is InChI=1S/C20H24ClNO2/c1-2-3-13-22-20(23)24-14-12-16-4-6-17(7-5-16)15-18-8-10-19(21)11-9-18/h4-11H,2-3,12-15H2,1H3,(H,22,23). The maximum absolute atomic E-state index is 11.4. The average Bonchev–Trinajstić information content (AvgIpc) is 2.59. The van der Waals surface area contributed by atoms with Crippen LogP contribution in [0, 0.1) is 0 Å². The second-order valence-corrected chi connectivity index (χ2v) is 6.22. The van der Waals surface area contributed by atoms with Gasteiger partial charge in [0.2, 0.25) is 0 Å². The number of halogens is 1. The minimum absolute atomic E-state index is 0.331. The molecule has 0 unspecified atom stereocenters. The number of carbonyl (C=O) groups is 1. The Balaban J connectivity index is 1.73. The van der Waals surface area contributed by atoms with Gasteiger partial charge in [0, 0.05) is 18.0 Å². The van der Waals surface area contributed by atoms with Crippen molar-refractivity contribution < 1.29 is 9.53 Å². The van der Waals surface area contributed by atoms with Gasteiger partial charge in [0.05, 0.1) is 6.61 Å². The first kappa shape index (κ1) is 18.3. The van der Waals surface area contributed by atoms with Crippen LogP contribution in [0.5, 0.6) is 0 Å². The number of amides is 1. The Kier molecular flexibility index (Phi) is 7.63. The summed E-state index contributed by atoms with van der Waals surface area (Å²) < 4.78 is 5.17. The van der Waals surface area contributed by atoms with E-state index in [0.717, 1.165) is 36.3 Å². The molecule has 0 bridgehead atoms. The van der Waals surface area contributed by atoms with Crippen LogP contribution in [0.25, 0.3) is 0 Å². The molecular formula is C20H24ClNO2. The third kappa shape index (κ3) is 6.63. The van der Waals surface area contributed by atoms with Crippen molar-refractivity contribution in [3.05, 3.63) is 70.2 Å². The number of benzene rings is 2. The van der Waals surface area contributed by atoms with Gasteiger partial charge in [-0.2, -0.15) is 0 Å². The van der Waals surface area contributed by atoms with Crippen molar-refractivity contribution in [1.82, 2.24) is 5.32 Å². The summed E-state index contributed by atoms with van der Waals surface area (Å²) in [6.45, 7) is 3.16. The van der Waals surface area contributed by atoms with Crippen molar-refractivity contribution in [1.29, 1.82) is 0 Å². The summed E-state index contributed by atoms with van der Waals surface area (Å²) in [5, 5.41) is 3.50. The van der Waals surface area contributed by atoms with Crippen LogP contribution in [0.2, 0.25) is 5.02 Å². The number of rotatable bonds is 8. The van der Waals surface area contributed by atoms with Gasteiger partial charge in [-0.1, -0.05) is 61.3 Å². The topological polar surface area (TPSA) is 38.3 Å². The summed E-state index contributed by atoms with van der Waals surface area (Å²) in [4.78, 5) is 11.4. The van der Waals surface area contributed by atoms with Gasteiger partial charge < -0.3 is 10.1 Å². The normalized spacial score (nSPS) is 10.4. The summed E-state index contributed by atoms with van der Waals surface area (Å²) in [7, 11) is 0. The van der Waals surface area contributed by atoms with Crippen LogP contribution in [-0.2, 0) is 17.6 Å². The van der Waals surface area contributed by atoms with E-state index in [2.05, 4.69) is 36.5 Å². The number of nitrogens with one attached hydrogen (secondary N) is 1. The molecule has 0 aliphatic carbocycles. The number of unbranched alkanes of at least 4 members (excludes halogenated alkanes) is 1. The van der Waals surface area contributed by atoms with Gasteiger partial charge in [-0.3, -0.25) is 0 Å².